The minimum atomic E-state index is -0.0256. The molecule has 0 aromatic heterocycles. The van der Waals surface area contributed by atoms with Crippen LogP contribution in [0.15, 0.2) is 24.3 Å². The Morgan fingerprint density at radius 3 is 2.79 bits per heavy atom. The molecule has 0 saturated carbocycles. The molecule has 1 saturated heterocycles. The van der Waals surface area contributed by atoms with E-state index in [2.05, 4.69) is 5.32 Å². The van der Waals surface area contributed by atoms with Crippen LogP contribution in [0.3, 0.4) is 0 Å². The first-order valence-electron chi connectivity index (χ1n) is 6.83. The summed E-state index contributed by atoms with van der Waals surface area (Å²) < 4.78 is 0. The van der Waals surface area contributed by atoms with E-state index < -0.39 is 0 Å². The van der Waals surface area contributed by atoms with Crippen molar-refractivity contribution in [2.24, 2.45) is 5.92 Å². The minimum absolute atomic E-state index is 0.00148. The Morgan fingerprint density at radius 2 is 2.16 bits per heavy atom. The third kappa shape index (κ3) is 2.95. The van der Waals surface area contributed by atoms with Crippen LogP contribution in [0.25, 0.3) is 0 Å². The van der Waals surface area contributed by atoms with Gasteiger partial charge in [-0.05, 0) is 25.0 Å². The van der Waals surface area contributed by atoms with Crippen molar-refractivity contribution in [1.82, 2.24) is 0 Å². The lowest BCUT2D eigenvalue weighted by Crippen LogP contribution is -2.26. The third-order valence-electron chi connectivity index (χ3n) is 3.59. The van der Waals surface area contributed by atoms with Crippen LogP contribution in [-0.4, -0.2) is 18.4 Å². The molecule has 1 aliphatic heterocycles. The van der Waals surface area contributed by atoms with Gasteiger partial charge in [-0.1, -0.05) is 26.0 Å². The number of carbonyl (C=O) groups excluding carboxylic acids is 2. The molecule has 1 heterocycles. The molecule has 0 bridgehead atoms. The molecule has 1 aromatic rings. The highest BCUT2D eigenvalue weighted by atomic mass is 16.2. The zero-order chi connectivity index (χ0) is 13.8. The number of carbonyl (C=O) groups is 2. The van der Waals surface area contributed by atoms with Crippen LogP contribution < -0.4 is 10.2 Å². The Kier molecular flexibility index (Phi) is 4.20. The largest absolute Gasteiger partial charge is 0.324 e. The smallest absolute Gasteiger partial charge is 0.227 e. The molecule has 4 nitrogen and oxygen atoms in total. The van der Waals surface area contributed by atoms with E-state index in [1.165, 1.54) is 0 Å². The van der Waals surface area contributed by atoms with E-state index in [4.69, 9.17) is 0 Å². The molecular weight excluding hydrogens is 240 g/mol. The van der Waals surface area contributed by atoms with Crippen LogP contribution >= 0.6 is 0 Å². The van der Waals surface area contributed by atoms with Crippen LogP contribution in [0.4, 0.5) is 11.4 Å². The third-order valence-corrected chi connectivity index (χ3v) is 3.59. The number of benzene rings is 1. The molecule has 2 amide bonds. The van der Waals surface area contributed by atoms with E-state index in [1.54, 1.807) is 4.90 Å². The van der Waals surface area contributed by atoms with Crippen molar-refractivity contribution in [3.05, 3.63) is 24.3 Å². The van der Waals surface area contributed by atoms with Crippen molar-refractivity contribution < 1.29 is 9.59 Å². The minimum Gasteiger partial charge on any atom is -0.324 e. The van der Waals surface area contributed by atoms with E-state index in [0.29, 0.717) is 6.42 Å². The number of nitrogens with one attached hydrogen (secondary N) is 1. The molecule has 19 heavy (non-hydrogen) atoms. The second-order valence-corrected chi connectivity index (χ2v) is 4.96. The van der Waals surface area contributed by atoms with E-state index >= 15 is 0 Å². The summed E-state index contributed by atoms with van der Waals surface area (Å²) in [4.78, 5) is 25.5. The normalized spacial score (nSPS) is 16.5. The van der Waals surface area contributed by atoms with Gasteiger partial charge in [0.2, 0.25) is 11.8 Å². The van der Waals surface area contributed by atoms with Gasteiger partial charge in [0.15, 0.2) is 0 Å². The van der Waals surface area contributed by atoms with Crippen molar-refractivity contribution in [3.63, 3.8) is 0 Å². The summed E-state index contributed by atoms with van der Waals surface area (Å²) in [5.41, 5.74) is 1.53. The molecule has 2 rings (SSSR count). The van der Waals surface area contributed by atoms with Gasteiger partial charge in [0, 0.05) is 18.9 Å². The second-order valence-electron chi connectivity index (χ2n) is 4.96. The summed E-state index contributed by atoms with van der Waals surface area (Å²) in [5.74, 6) is 0.106. The first-order valence-corrected chi connectivity index (χ1v) is 6.83. The molecule has 0 radical (unpaired) electrons. The fourth-order valence-corrected chi connectivity index (χ4v) is 2.16. The number of amides is 2. The first-order chi connectivity index (χ1) is 9.13. The molecule has 0 aliphatic carbocycles. The highest BCUT2D eigenvalue weighted by Gasteiger charge is 2.24. The van der Waals surface area contributed by atoms with Gasteiger partial charge in [-0.15, -0.1) is 0 Å². The Morgan fingerprint density at radius 1 is 1.42 bits per heavy atom. The van der Waals surface area contributed by atoms with Crippen LogP contribution in [0.5, 0.6) is 0 Å². The standard InChI is InChI=1S/C15H20N2O2/c1-3-11(2)15(19)16-12-7-4-5-8-13(12)17-10-6-9-14(17)18/h4-5,7-8,11H,3,6,9-10H2,1-2H3,(H,16,19). The molecule has 102 valence electrons. The van der Waals surface area contributed by atoms with Gasteiger partial charge in [-0.25, -0.2) is 0 Å². The SMILES string of the molecule is CCC(C)C(=O)Nc1ccccc1N1CCCC1=O. The lowest BCUT2D eigenvalue weighted by Gasteiger charge is -2.20. The summed E-state index contributed by atoms with van der Waals surface area (Å²) in [6, 6.07) is 7.49. The Labute approximate surface area is 113 Å². The predicted octanol–water partition coefficient (Wildman–Crippen LogP) is 2.80. The summed E-state index contributed by atoms with van der Waals surface area (Å²) in [5, 5.41) is 2.93. The Balaban J connectivity index is 2.21. The molecule has 1 aliphatic rings. The number of nitrogens with zero attached hydrogens (tertiary/aromatic N) is 1. The van der Waals surface area contributed by atoms with Gasteiger partial charge in [0.05, 0.1) is 11.4 Å². The topological polar surface area (TPSA) is 49.4 Å². The zero-order valence-corrected chi connectivity index (χ0v) is 11.5. The zero-order valence-electron chi connectivity index (χ0n) is 11.5. The molecule has 1 atom stereocenters. The molecule has 0 spiro atoms. The van der Waals surface area contributed by atoms with Gasteiger partial charge in [0.1, 0.15) is 0 Å². The van der Waals surface area contributed by atoms with E-state index in [-0.39, 0.29) is 17.7 Å². The molecule has 1 N–H and O–H groups in total. The van der Waals surface area contributed by atoms with Crippen molar-refractivity contribution in [2.75, 3.05) is 16.8 Å². The fourth-order valence-electron chi connectivity index (χ4n) is 2.16. The molecule has 4 heteroatoms. The highest BCUT2D eigenvalue weighted by molar-refractivity contribution is 6.02. The molecular formula is C15H20N2O2. The average molecular weight is 260 g/mol. The lowest BCUT2D eigenvalue weighted by atomic mass is 10.1. The lowest BCUT2D eigenvalue weighted by molar-refractivity contribution is -0.119. The summed E-state index contributed by atoms with van der Waals surface area (Å²) in [6.07, 6.45) is 2.27. The molecule has 1 unspecified atom stereocenters. The average Bonchev–Trinajstić information content (AvgIpc) is 2.84. The second kappa shape index (κ2) is 5.87. The van der Waals surface area contributed by atoms with Crippen LogP contribution in [0.1, 0.15) is 33.1 Å². The van der Waals surface area contributed by atoms with Gasteiger partial charge >= 0.3 is 0 Å². The van der Waals surface area contributed by atoms with Crippen LogP contribution in [-0.2, 0) is 9.59 Å². The maximum Gasteiger partial charge on any atom is 0.227 e. The van der Waals surface area contributed by atoms with E-state index in [1.807, 2.05) is 38.1 Å². The molecule has 1 fully saturated rings. The van der Waals surface area contributed by atoms with Crippen molar-refractivity contribution in [1.29, 1.82) is 0 Å². The fraction of sp³-hybridized carbons (Fsp3) is 0.467. The van der Waals surface area contributed by atoms with E-state index in [9.17, 15) is 9.59 Å². The first kappa shape index (κ1) is 13.6. The van der Waals surface area contributed by atoms with Crippen LogP contribution in [0, 0.1) is 5.92 Å². The number of para-hydroxylation sites is 2. The van der Waals surface area contributed by atoms with Crippen LogP contribution in [0.2, 0.25) is 0 Å². The van der Waals surface area contributed by atoms with Crippen molar-refractivity contribution >= 4 is 23.2 Å². The van der Waals surface area contributed by atoms with Gasteiger partial charge in [-0.2, -0.15) is 0 Å². The number of anilines is 2. The maximum atomic E-state index is 12.0. The summed E-state index contributed by atoms with van der Waals surface area (Å²) in [6.45, 7) is 4.62. The van der Waals surface area contributed by atoms with Gasteiger partial charge in [-0.3, -0.25) is 9.59 Å². The van der Waals surface area contributed by atoms with Gasteiger partial charge < -0.3 is 10.2 Å². The summed E-state index contributed by atoms with van der Waals surface area (Å²) >= 11 is 0. The van der Waals surface area contributed by atoms with Gasteiger partial charge in [0.25, 0.3) is 0 Å². The summed E-state index contributed by atoms with van der Waals surface area (Å²) in [7, 11) is 0. The maximum absolute atomic E-state index is 12.0. The van der Waals surface area contributed by atoms with Crippen molar-refractivity contribution in [2.45, 2.75) is 33.1 Å². The Hall–Kier alpha value is -1.84. The van der Waals surface area contributed by atoms with Crippen molar-refractivity contribution in [3.8, 4) is 0 Å². The molecule has 1 aromatic carbocycles. The number of hydrogen-bond donors (Lipinski definition) is 1. The Bertz CT molecular complexity index is 485. The monoisotopic (exact) mass is 260 g/mol. The van der Waals surface area contributed by atoms with E-state index in [0.717, 1.165) is 30.8 Å². The predicted molar refractivity (Wildman–Crippen MR) is 76.1 cm³/mol. The number of hydrogen-bond acceptors (Lipinski definition) is 2. The quantitative estimate of drug-likeness (QED) is 0.905. The number of rotatable bonds is 4. The highest BCUT2D eigenvalue weighted by Crippen LogP contribution is 2.29.